The fraction of sp³-hybridized carbons (Fsp3) is 0.200. The Kier molecular flexibility index (Phi) is 5.40. The summed E-state index contributed by atoms with van der Waals surface area (Å²) in [5.41, 5.74) is -0.363. The van der Waals surface area contributed by atoms with Crippen LogP contribution in [-0.2, 0) is 11.3 Å². The Hall–Kier alpha value is -2.61. The third kappa shape index (κ3) is 4.02. The number of carbonyl (C=O) groups is 1. The summed E-state index contributed by atoms with van der Waals surface area (Å²) in [5.74, 6) is -1.29. The standard InChI is InChI=1S/C15H12ClF2NO5/c1-23-12-6-19(7-14(21)22)13(20)5-10(12)9-4-8(16)2-3-11(9)24-15(17)18/h2-6,15H,7H2,1H3,(H,21,22). The predicted octanol–water partition coefficient (Wildman–Crippen LogP) is 2.86. The Balaban J connectivity index is 2.64. The highest BCUT2D eigenvalue weighted by Gasteiger charge is 2.17. The molecule has 24 heavy (non-hydrogen) atoms. The second-order valence-electron chi connectivity index (χ2n) is 4.63. The molecule has 2 aromatic rings. The number of hydrogen-bond donors (Lipinski definition) is 1. The number of nitrogens with zero attached hydrogens (tertiary/aromatic N) is 1. The van der Waals surface area contributed by atoms with E-state index in [-0.39, 0.29) is 27.6 Å². The summed E-state index contributed by atoms with van der Waals surface area (Å²) >= 11 is 5.89. The van der Waals surface area contributed by atoms with Crippen molar-refractivity contribution >= 4 is 17.6 Å². The molecule has 0 fully saturated rings. The van der Waals surface area contributed by atoms with Crippen LogP contribution in [0.15, 0.2) is 35.3 Å². The van der Waals surface area contributed by atoms with Crippen LogP contribution < -0.4 is 15.0 Å². The first-order chi connectivity index (χ1) is 11.3. The van der Waals surface area contributed by atoms with Crippen molar-refractivity contribution in [1.29, 1.82) is 0 Å². The van der Waals surface area contributed by atoms with Crippen LogP contribution in [0.5, 0.6) is 11.5 Å². The molecule has 0 radical (unpaired) electrons. The van der Waals surface area contributed by atoms with E-state index >= 15 is 0 Å². The van der Waals surface area contributed by atoms with Crippen LogP contribution in [0.4, 0.5) is 8.78 Å². The molecule has 0 spiro atoms. The van der Waals surface area contributed by atoms with E-state index in [1.54, 1.807) is 0 Å². The van der Waals surface area contributed by atoms with Gasteiger partial charge in [0.05, 0.1) is 13.3 Å². The zero-order valence-corrected chi connectivity index (χ0v) is 13.1. The van der Waals surface area contributed by atoms with E-state index in [2.05, 4.69) is 4.74 Å². The Bertz CT molecular complexity index is 822. The van der Waals surface area contributed by atoms with Crippen LogP contribution in [0.3, 0.4) is 0 Å². The van der Waals surface area contributed by atoms with Crippen LogP contribution in [0.1, 0.15) is 0 Å². The molecule has 0 aliphatic heterocycles. The number of methoxy groups -OCH3 is 1. The molecule has 1 aromatic carbocycles. The number of pyridine rings is 1. The van der Waals surface area contributed by atoms with Gasteiger partial charge in [-0.15, -0.1) is 0 Å². The maximum Gasteiger partial charge on any atom is 0.387 e. The minimum absolute atomic E-state index is 0.109. The molecule has 128 valence electrons. The summed E-state index contributed by atoms with van der Waals surface area (Å²) in [6, 6.07) is 5.02. The maximum atomic E-state index is 12.6. The third-order valence-electron chi connectivity index (χ3n) is 3.06. The van der Waals surface area contributed by atoms with E-state index in [1.165, 1.54) is 31.5 Å². The number of carboxylic acid groups (broad SMARTS) is 1. The lowest BCUT2D eigenvalue weighted by Gasteiger charge is -2.15. The zero-order chi connectivity index (χ0) is 17.9. The number of aliphatic carboxylic acids is 1. The number of carboxylic acids is 1. The number of alkyl halides is 2. The van der Waals surface area contributed by atoms with Crippen LogP contribution in [0.25, 0.3) is 11.1 Å². The Morgan fingerprint density at radius 3 is 2.54 bits per heavy atom. The molecular formula is C15H12ClF2NO5. The lowest BCUT2D eigenvalue weighted by molar-refractivity contribution is -0.137. The topological polar surface area (TPSA) is 77.8 Å². The molecule has 9 heteroatoms. The first kappa shape index (κ1) is 17.7. The van der Waals surface area contributed by atoms with Gasteiger partial charge < -0.3 is 19.1 Å². The van der Waals surface area contributed by atoms with Gasteiger partial charge in [-0.1, -0.05) is 11.6 Å². The van der Waals surface area contributed by atoms with Crippen molar-refractivity contribution in [2.24, 2.45) is 0 Å². The molecule has 2 rings (SSSR count). The molecule has 0 unspecified atom stereocenters. The second-order valence-corrected chi connectivity index (χ2v) is 5.07. The molecular weight excluding hydrogens is 348 g/mol. The second kappa shape index (κ2) is 7.31. The molecule has 0 aliphatic rings. The van der Waals surface area contributed by atoms with Gasteiger partial charge in [-0.2, -0.15) is 8.78 Å². The van der Waals surface area contributed by atoms with Crippen molar-refractivity contribution in [2.45, 2.75) is 13.2 Å². The minimum atomic E-state index is -3.07. The van der Waals surface area contributed by atoms with Gasteiger partial charge in [-0.25, -0.2) is 0 Å². The lowest BCUT2D eigenvalue weighted by atomic mass is 10.0. The number of rotatable bonds is 6. The number of benzene rings is 1. The zero-order valence-electron chi connectivity index (χ0n) is 12.3. The van der Waals surface area contributed by atoms with Gasteiger partial charge in [0.1, 0.15) is 18.0 Å². The highest BCUT2D eigenvalue weighted by Crippen LogP contribution is 2.37. The first-order valence-electron chi connectivity index (χ1n) is 6.57. The summed E-state index contributed by atoms with van der Waals surface area (Å²) in [5, 5.41) is 9.04. The van der Waals surface area contributed by atoms with E-state index in [4.69, 9.17) is 21.4 Å². The van der Waals surface area contributed by atoms with Crippen molar-refractivity contribution in [3.63, 3.8) is 0 Å². The van der Waals surface area contributed by atoms with Crippen molar-refractivity contribution in [1.82, 2.24) is 4.57 Å². The highest BCUT2D eigenvalue weighted by atomic mass is 35.5. The van der Waals surface area contributed by atoms with Gasteiger partial charge in [0.25, 0.3) is 5.56 Å². The Labute approximate surface area is 139 Å². The number of hydrogen-bond acceptors (Lipinski definition) is 4. The number of aromatic nitrogens is 1. The smallest absolute Gasteiger partial charge is 0.387 e. The summed E-state index contributed by atoms with van der Waals surface area (Å²) in [4.78, 5) is 22.8. The monoisotopic (exact) mass is 359 g/mol. The molecule has 0 aliphatic carbocycles. The van der Waals surface area contributed by atoms with Gasteiger partial charge in [-0.3, -0.25) is 9.59 Å². The van der Waals surface area contributed by atoms with Crippen molar-refractivity contribution in [3.05, 3.63) is 45.8 Å². The average molecular weight is 360 g/mol. The van der Waals surface area contributed by atoms with Crippen LogP contribution in [-0.4, -0.2) is 29.4 Å². The highest BCUT2D eigenvalue weighted by molar-refractivity contribution is 6.31. The third-order valence-corrected chi connectivity index (χ3v) is 3.30. The van der Waals surface area contributed by atoms with Crippen LogP contribution in [0, 0.1) is 0 Å². The Morgan fingerprint density at radius 1 is 1.29 bits per heavy atom. The number of ether oxygens (including phenoxy) is 2. The first-order valence-corrected chi connectivity index (χ1v) is 6.94. The fourth-order valence-electron chi connectivity index (χ4n) is 2.11. The molecule has 1 aromatic heterocycles. The summed E-state index contributed by atoms with van der Waals surface area (Å²) in [6.45, 7) is -3.63. The van der Waals surface area contributed by atoms with Gasteiger partial charge in [0.2, 0.25) is 0 Å². The molecule has 0 saturated heterocycles. The summed E-state index contributed by atoms with van der Waals surface area (Å²) in [7, 11) is 1.30. The lowest BCUT2D eigenvalue weighted by Crippen LogP contribution is -2.23. The molecule has 1 heterocycles. The SMILES string of the molecule is COc1cn(CC(=O)O)c(=O)cc1-c1cc(Cl)ccc1OC(F)F. The van der Waals surface area contributed by atoms with E-state index in [0.717, 1.165) is 10.6 Å². The largest absolute Gasteiger partial charge is 0.495 e. The molecule has 6 nitrogen and oxygen atoms in total. The van der Waals surface area contributed by atoms with E-state index in [0.29, 0.717) is 0 Å². The van der Waals surface area contributed by atoms with Gasteiger partial charge in [0.15, 0.2) is 0 Å². The molecule has 0 saturated carbocycles. The molecule has 0 bridgehead atoms. The van der Waals surface area contributed by atoms with E-state index in [9.17, 15) is 18.4 Å². The van der Waals surface area contributed by atoms with E-state index < -0.39 is 24.7 Å². The van der Waals surface area contributed by atoms with Gasteiger partial charge in [-0.05, 0) is 18.2 Å². The maximum absolute atomic E-state index is 12.6. The quantitative estimate of drug-likeness (QED) is 0.858. The Morgan fingerprint density at radius 2 is 1.96 bits per heavy atom. The molecule has 1 N–H and O–H groups in total. The van der Waals surface area contributed by atoms with Crippen LogP contribution in [0.2, 0.25) is 5.02 Å². The minimum Gasteiger partial charge on any atom is -0.495 e. The molecule has 0 atom stereocenters. The summed E-state index contributed by atoms with van der Waals surface area (Å²) in [6.07, 6.45) is 1.18. The predicted molar refractivity (Wildman–Crippen MR) is 82.0 cm³/mol. The van der Waals surface area contributed by atoms with Gasteiger partial charge >= 0.3 is 12.6 Å². The number of halogens is 3. The van der Waals surface area contributed by atoms with Crippen molar-refractivity contribution < 1.29 is 28.2 Å². The molecule has 0 amide bonds. The van der Waals surface area contributed by atoms with Crippen molar-refractivity contribution in [2.75, 3.05) is 7.11 Å². The summed E-state index contributed by atoms with van der Waals surface area (Å²) < 4.78 is 35.6. The van der Waals surface area contributed by atoms with E-state index in [1.807, 2.05) is 0 Å². The van der Waals surface area contributed by atoms with Gasteiger partial charge in [0, 0.05) is 22.2 Å². The fourth-order valence-corrected chi connectivity index (χ4v) is 2.28. The van der Waals surface area contributed by atoms with Crippen molar-refractivity contribution in [3.8, 4) is 22.6 Å². The average Bonchev–Trinajstić information content (AvgIpc) is 2.50. The normalized spacial score (nSPS) is 10.7. The van der Waals surface area contributed by atoms with Crippen LogP contribution >= 0.6 is 11.6 Å².